The number of rotatable bonds is 56. The van der Waals surface area contributed by atoms with Crippen LogP contribution in [-0.4, -0.2) is 357 Å². The largest absolute Gasteiger partial charge is 0.394 e. The molecule has 14 atom stereocenters. The van der Waals surface area contributed by atoms with Crippen molar-refractivity contribution in [3.05, 3.63) is 33.4 Å². The number of aryl methyl sites for hydroxylation is 1. The summed E-state index contributed by atoms with van der Waals surface area (Å²) >= 11 is 2.22. The van der Waals surface area contributed by atoms with Crippen LogP contribution in [0.25, 0.3) is 0 Å². The molecule has 0 spiro atoms. The van der Waals surface area contributed by atoms with E-state index in [-0.39, 0.29) is 196 Å². The molecule has 0 aliphatic carbocycles. The zero-order valence-corrected chi connectivity index (χ0v) is 60.1. The highest BCUT2D eigenvalue weighted by Gasteiger charge is 2.47. The lowest BCUT2D eigenvalue weighted by Crippen LogP contribution is -2.64. The number of carbonyl (C=O) groups is 7. The van der Waals surface area contributed by atoms with E-state index in [2.05, 4.69) is 59.8 Å². The van der Waals surface area contributed by atoms with Crippen molar-refractivity contribution in [2.45, 2.75) is 150 Å². The van der Waals surface area contributed by atoms with Crippen molar-refractivity contribution in [3.63, 3.8) is 0 Å². The van der Waals surface area contributed by atoms with Gasteiger partial charge in [0.25, 0.3) is 0 Å². The lowest BCUT2D eigenvalue weighted by atomic mass is 9.97. The molecule has 3 fully saturated rings. The molecular weight excluding hydrogens is 1470 g/mol. The van der Waals surface area contributed by atoms with Crippen LogP contribution in [0.5, 0.6) is 0 Å². The topological polar surface area (TPSA) is 515 Å². The minimum atomic E-state index is -1.49. The number of hydrogen-bond acceptors (Lipinski definition) is 31. The van der Waals surface area contributed by atoms with Crippen LogP contribution in [0.3, 0.4) is 0 Å². The third kappa shape index (κ3) is 36.7. The minimum Gasteiger partial charge on any atom is -0.394 e. The van der Waals surface area contributed by atoms with Crippen molar-refractivity contribution in [3.8, 4) is 0 Å². The molecule has 38 heteroatoms. The Balaban J connectivity index is 1.30. The molecule has 4 rings (SSSR count). The lowest BCUT2D eigenvalue weighted by molar-refractivity contribution is -0.272. The summed E-state index contributed by atoms with van der Waals surface area (Å²) in [6, 6.07) is 5.65. The van der Waals surface area contributed by atoms with E-state index in [0.29, 0.717) is 19.4 Å². The first kappa shape index (κ1) is 89.9. The van der Waals surface area contributed by atoms with E-state index in [4.69, 9.17) is 66.3 Å². The van der Waals surface area contributed by atoms with Crippen LogP contribution in [0.15, 0.2) is 24.3 Å². The molecule has 0 unspecified atom stereocenters. The van der Waals surface area contributed by atoms with Crippen molar-refractivity contribution < 1.29 is 146 Å². The van der Waals surface area contributed by atoms with Crippen molar-refractivity contribution in [1.82, 2.24) is 37.2 Å². The van der Waals surface area contributed by atoms with Gasteiger partial charge in [-0.1, -0.05) is 12.1 Å². The Bertz CT molecular complexity index is 2440. The van der Waals surface area contributed by atoms with Gasteiger partial charge in [-0.3, -0.25) is 33.6 Å². The molecule has 0 radical (unpaired) electrons. The number of Topliss-reactive ketones (excluding diaryl/α,β-unsaturated/α-hetero) is 1. The number of carbonyl (C=O) groups excluding carboxylic acids is 7. The number of ketones is 1. The first-order chi connectivity index (χ1) is 49.1. The van der Waals surface area contributed by atoms with Gasteiger partial charge in [0.2, 0.25) is 35.4 Å². The summed E-state index contributed by atoms with van der Waals surface area (Å²) in [5.41, 5.74) is -0.432. The van der Waals surface area contributed by atoms with Crippen molar-refractivity contribution in [2.75, 3.05) is 178 Å². The van der Waals surface area contributed by atoms with Crippen LogP contribution in [0.2, 0.25) is 0 Å². The normalized spacial score (nSPS) is 24.4. The number of hydrogen-bond donors (Lipinski definition) is 16. The molecule has 1 aromatic carbocycles. The second kappa shape index (κ2) is 52.5. The second-order valence-electron chi connectivity index (χ2n) is 24.0. The first-order valence-corrected chi connectivity index (χ1v) is 35.1. The lowest BCUT2D eigenvalue weighted by Gasteiger charge is -2.42. The summed E-state index contributed by atoms with van der Waals surface area (Å²) in [6.07, 6.45) is -14.5. The fourth-order valence-electron chi connectivity index (χ4n) is 10.2. The van der Waals surface area contributed by atoms with Crippen LogP contribution < -0.4 is 37.2 Å². The van der Waals surface area contributed by atoms with Gasteiger partial charge in [0.05, 0.1) is 158 Å². The highest BCUT2D eigenvalue weighted by atomic mass is 127. The molecule has 0 saturated carbocycles. The third-order valence-corrected chi connectivity index (χ3v) is 16.3. The van der Waals surface area contributed by atoms with Crippen molar-refractivity contribution in [1.29, 1.82) is 0 Å². The molecule has 6 amide bonds. The summed E-state index contributed by atoms with van der Waals surface area (Å²) in [6.45, 7) is 0.865. The molecule has 3 aliphatic rings. The molecule has 3 heterocycles. The number of aliphatic hydroxyl groups excluding tert-OH is 9. The average Bonchev–Trinajstić information content (AvgIpc) is 0.814. The van der Waals surface area contributed by atoms with Crippen molar-refractivity contribution >= 4 is 63.8 Å². The van der Waals surface area contributed by atoms with Gasteiger partial charge >= 0.3 is 0 Å². The molecule has 3 saturated heterocycles. The summed E-state index contributed by atoms with van der Waals surface area (Å²) in [5, 5.41) is 109. The van der Waals surface area contributed by atoms with E-state index in [0.717, 1.165) is 9.13 Å². The number of nitrogens with one attached hydrogen (secondary N) is 7. The van der Waals surface area contributed by atoms with Crippen LogP contribution in [0.4, 0.5) is 0 Å². The summed E-state index contributed by atoms with van der Waals surface area (Å²) in [7, 11) is 0. The SMILES string of the molecule is CC(=O)N[C@H]1[C@H](OCCOCCNC(=O)CCOCC(COCCC(=O)CNCCOCCO[C@H]2C[C@@H](O)[C@@H](O)[C@@H](CO)O2)(COCCC(=O)NCCOCCO[C@@H]2O[C@H](CO)[C@H](O)[C@H](O)[C@H]2NC(C)=O)NC(=O)CCOCCOCCNC(=O)CCc2ccc(I)cc2)O[C@H](CO)[C@H](O)[C@@H]1O. The average molecular weight is 1580 g/mol. The van der Waals surface area contributed by atoms with Gasteiger partial charge in [-0.15, -0.1) is 0 Å². The predicted octanol–water partition coefficient (Wildman–Crippen LogP) is -6.95. The maximum Gasteiger partial charge on any atom is 0.222 e. The second-order valence-corrected chi connectivity index (χ2v) is 25.2. The van der Waals surface area contributed by atoms with E-state index in [1.54, 1.807) is 0 Å². The Morgan fingerprint density at radius 1 is 0.461 bits per heavy atom. The van der Waals surface area contributed by atoms with Gasteiger partial charge in [-0.05, 0) is 46.7 Å². The van der Waals surface area contributed by atoms with Crippen LogP contribution in [0, 0.1) is 3.57 Å². The highest BCUT2D eigenvalue weighted by molar-refractivity contribution is 14.1. The van der Waals surface area contributed by atoms with E-state index in [1.165, 1.54) is 13.8 Å². The van der Waals surface area contributed by atoms with Gasteiger partial charge in [0.15, 0.2) is 18.9 Å². The monoisotopic (exact) mass is 1580 g/mol. The number of aliphatic hydroxyl groups is 9. The molecule has 3 aliphatic heterocycles. The van der Waals surface area contributed by atoms with Gasteiger partial charge in [-0.2, -0.15) is 0 Å². The molecule has 0 bridgehead atoms. The van der Waals surface area contributed by atoms with Gasteiger partial charge in [0, 0.05) is 82.1 Å². The van der Waals surface area contributed by atoms with Crippen LogP contribution in [-0.2, 0) is 106 Å². The number of amides is 6. The number of halogens is 1. The summed E-state index contributed by atoms with van der Waals surface area (Å²) in [5.74, 6) is -2.75. The fourth-order valence-corrected chi connectivity index (χ4v) is 10.6. The van der Waals surface area contributed by atoms with Crippen LogP contribution >= 0.6 is 22.6 Å². The number of benzene rings is 1. The zero-order chi connectivity index (χ0) is 74.5. The molecule has 37 nitrogen and oxygen atoms in total. The molecule has 16 N–H and O–H groups in total. The standard InChI is InChI=1S/C64H108IN7O30/c1-41(76)70-55-60(87)58(85)48(36-74)101-62(55)98-31-28-92-23-15-68-51(81)10-19-95-39-64(72-53(83)12-18-89-25-26-91-22-14-67-50(80)8-5-43-3-6-44(65)7-4-43,38-94-17-9-45(78)34-66-13-21-90-27-30-97-54-33-46(79)57(84)47(35-73)100-54)40-96-20-11-52(82)69-16-24-93-29-32-99-63-56(71-42(2)77)61(88)59(86)49(37-75)102-63/h3-4,6-7,46-49,54-63,66,73-75,79,84-88H,5,8-40H2,1-2H3,(H,67,80)(H,68,81)(H,69,82)(H,70,76)(H,71,77)(H,72,83)/t46-,47-,48-,49-,54-,55-,56-,57-,58+,59+,60-,61-,62-,63-/m1/s1. The zero-order valence-electron chi connectivity index (χ0n) is 57.9. The summed E-state index contributed by atoms with van der Waals surface area (Å²) in [4.78, 5) is 88.7. The Hall–Kier alpha value is -4.52. The molecule has 102 heavy (non-hydrogen) atoms. The molecule has 586 valence electrons. The Morgan fingerprint density at radius 3 is 1.33 bits per heavy atom. The van der Waals surface area contributed by atoms with E-state index < -0.39 is 141 Å². The fraction of sp³-hybridized carbons (Fsp3) is 0.797. The van der Waals surface area contributed by atoms with Gasteiger partial charge in [0.1, 0.15) is 72.2 Å². The Labute approximate surface area is 606 Å². The quantitative estimate of drug-likeness (QED) is 0.0213. The van der Waals surface area contributed by atoms with Crippen molar-refractivity contribution in [2.24, 2.45) is 0 Å². The maximum atomic E-state index is 13.8. The van der Waals surface area contributed by atoms with E-state index in [1.807, 2.05) is 24.3 Å². The maximum absolute atomic E-state index is 13.8. The number of ether oxygens (including phenoxy) is 14. The van der Waals surface area contributed by atoms with Gasteiger partial charge < -0.3 is 149 Å². The molecular formula is C64H108IN7O30. The Kier molecular flexibility index (Phi) is 46.2. The smallest absolute Gasteiger partial charge is 0.222 e. The molecule has 0 aromatic heterocycles. The first-order valence-electron chi connectivity index (χ1n) is 34.0. The highest BCUT2D eigenvalue weighted by Crippen LogP contribution is 2.25. The molecule has 1 aromatic rings. The Morgan fingerprint density at radius 2 is 0.863 bits per heavy atom. The minimum absolute atomic E-state index is 0.00819. The van der Waals surface area contributed by atoms with Gasteiger partial charge in [-0.25, -0.2) is 0 Å². The summed E-state index contributed by atoms with van der Waals surface area (Å²) < 4.78 is 80.6. The third-order valence-electron chi connectivity index (χ3n) is 15.6. The van der Waals surface area contributed by atoms with Crippen LogP contribution in [0.1, 0.15) is 57.9 Å². The van der Waals surface area contributed by atoms with E-state index >= 15 is 0 Å². The van der Waals surface area contributed by atoms with E-state index in [9.17, 15) is 79.5 Å². The predicted molar refractivity (Wildman–Crippen MR) is 361 cm³/mol.